The summed E-state index contributed by atoms with van der Waals surface area (Å²) in [5, 5.41) is 4.43. The van der Waals surface area contributed by atoms with Gasteiger partial charge >= 0.3 is 0 Å². The fourth-order valence-corrected chi connectivity index (χ4v) is 7.17. The van der Waals surface area contributed by atoms with Crippen LogP contribution in [0.1, 0.15) is 0 Å². The highest BCUT2D eigenvalue weighted by Gasteiger charge is 2.21. The van der Waals surface area contributed by atoms with Gasteiger partial charge in [-0.25, -0.2) is 4.98 Å². The first-order chi connectivity index (χ1) is 25.2. The standard InChI is InChI=1S/C47H30N2O2/c1-3-11-31(12-4-1)33-23-25-38(26-24-33)49(39-18-9-17-36(28-39)37-22-21-32-13-7-8-16-35(32)27-37)42-19-10-20-43-46(42)40-29-45-41(30-44(40)50-43)48-47(51-45)34-14-5-2-6-15-34/h1-30H. The molecular formula is C47H30N2O2. The van der Waals surface area contributed by atoms with E-state index in [0.717, 1.165) is 66.8 Å². The Hall–Kier alpha value is -6.91. The van der Waals surface area contributed by atoms with Gasteiger partial charge in [0, 0.05) is 28.4 Å². The molecule has 4 heteroatoms. The molecule has 0 N–H and O–H groups in total. The zero-order valence-corrected chi connectivity index (χ0v) is 27.5. The molecule has 10 aromatic rings. The van der Waals surface area contributed by atoms with E-state index in [9.17, 15) is 0 Å². The summed E-state index contributed by atoms with van der Waals surface area (Å²) in [6.45, 7) is 0. The predicted molar refractivity (Wildman–Crippen MR) is 210 cm³/mol. The highest BCUT2D eigenvalue weighted by Crippen LogP contribution is 2.45. The second-order valence-electron chi connectivity index (χ2n) is 12.8. The molecule has 10 rings (SSSR count). The van der Waals surface area contributed by atoms with Crippen molar-refractivity contribution in [1.82, 2.24) is 4.98 Å². The van der Waals surface area contributed by atoms with E-state index >= 15 is 0 Å². The van der Waals surface area contributed by atoms with Crippen LogP contribution >= 0.6 is 0 Å². The Morgan fingerprint density at radius 3 is 1.88 bits per heavy atom. The Labute approximate surface area is 294 Å². The Kier molecular flexibility index (Phi) is 6.78. The Morgan fingerprint density at radius 1 is 0.392 bits per heavy atom. The van der Waals surface area contributed by atoms with Gasteiger partial charge in [-0.2, -0.15) is 0 Å². The van der Waals surface area contributed by atoms with Crippen LogP contribution in [-0.2, 0) is 0 Å². The molecule has 0 bridgehead atoms. The molecule has 0 fully saturated rings. The van der Waals surface area contributed by atoms with Gasteiger partial charge in [0.25, 0.3) is 0 Å². The topological polar surface area (TPSA) is 42.4 Å². The first-order valence-corrected chi connectivity index (χ1v) is 17.1. The van der Waals surface area contributed by atoms with Crippen molar-refractivity contribution >= 4 is 60.9 Å². The first-order valence-electron chi connectivity index (χ1n) is 17.1. The SMILES string of the molecule is c1ccc(-c2ccc(N(c3cccc(-c4ccc5ccccc5c4)c3)c3cccc4oc5cc6nc(-c7ccccc7)oc6cc5c34)cc2)cc1. The molecular weight excluding hydrogens is 625 g/mol. The predicted octanol–water partition coefficient (Wildman–Crippen LogP) is 13.4. The number of nitrogens with zero attached hydrogens (tertiary/aromatic N) is 2. The third kappa shape index (κ3) is 5.13. The van der Waals surface area contributed by atoms with Crippen LogP contribution in [0.15, 0.2) is 191 Å². The Morgan fingerprint density at radius 2 is 1.06 bits per heavy atom. The summed E-state index contributed by atoms with van der Waals surface area (Å²) in [7, 11) is 0. The zero-order valence-electron chi connectivity index (χ0n) is 27.5. The normalized spacial score (nSPS) is 11.5. The molecule has 0 aliphatic rings. The minimum Gasteiger partial charge on any atom is -0.456 e. The number of hydrogen-bond acceptors (Lipinski definition) is 4. The zero-order chi connectivity index (χ0) is 33.7. The quantitative estimate of drug-likeness (QED) is 0.179. The van der Waals surface area contributed by atoms with Gasteiger partial charge in [-0.05, 0) is 93.7 Å². The fourth-order valence-electron chi connectivity index (χ4n) is 7.17. The maximum atomic E-state index is 6.54. The van der Waals surface area contributed by atoms with E-state index in [0.29, 0.717) is 5.89 Å². The number of hydrogen-bond donors (Lipinski definition) is 0. The monoisotopic (exact) mass is 654 g/mol. The van der Waals surface area contributed by atoms with Gasteiger partial charge in [-0.3, -0.25) is 0 Å². The van der Waals surface area contributed by atoms with Gasteiger partial charge in [-0.15, -0.1) is 0 Å². The van der Waals surface area contributed by atoms with Crippen LogP contribution in [0.25, 0.3) is 77.5 Å². The van der Waals surface area contributed by atoms with Gasteiger partial charge in [-0.1, -0.05) is 115 Å². The van der Waals surface area contributed by atoms with E-state index in [2.05, 4.69) is 138 Å². The summed E-state index contributed by atoms with van der Waals surface area (Å²) in [5.41, 5.74) is 11.7. The first kappa shape index (κ1) is 29.0. The molecule has 0 aliphatic heterocycles. The largest absolute Gasteiger partial charge is 0.456 e. The molecule has 0 unspecified atom stereocenters. The van der Waals surface area contributed by atoms with Crippen LogP contribution in [-0.4, -0.2) is 4.98 Å². The molecule has 240 valence electrons. The average molecular weight is 655 g/mol. The van der Waals surface area contributed by atoms with E-state index in [1.54, 1.807) is 0 Å². The summed E-state index contributed by atoms with van der Waals surface area (Å²) in [6, 6.07) is 63.6. The molecule has 0 aliphatic carbocycles. The number of anilines is 3. The second kappa shape index (κ2) is 11.9. The lowest BCUT2D eigenvalue weighted by molar-refractivity contribution is 0.620. The fraction of sp³-hybridized carbons (Fsp3) is 0. The van der Waals surface area contributed by atoms with Gasteiger partial charge in [0.1, 0.15) is 16.7 Å². The summed E-state index contributed by atoms with van der Waals surface area (Å²) in [6.07, 6.45) is 0. The van der Waals surface area contributed by atoms with Crippen molar-refractivity contribution in [3.8, 4) is 33.7 Å². The minimum absolute atomic E-state index is 0.591. The van der Waals surface area contributed by atoms with E-state index < -0.39 is 0 Å². The minimum atomic E-state index is 0.591. The highest BCUT2D eigenvalue weighted by molar-refractivity contribution is 6.15. The van der Waals surface area contributed by atoms with Crippen molar-refractivity contribution in [3.63, 3.8) is 0 Å². The van der Waals surface area contributed by atoms with Gasteiger partial charge in [0.15, 0.2) is 5.58 Å². The van der Waals surface area contributed by atoms with Crippen molar-refractivity contribution in [3.05, 3.63) is 182 Å². The molecule has 0 saturated carbocycles. The van der Waals surface area contributed by atoms with Crippen molar-refractivity contribution in [2.45, 2.75) is 0 Å². The summed E-state index contributed by atoms with van der Waals surface area (Å²) >= 11 is 0. The summed E-state index contributed by atoms with van der Waals surface area (Å²) in [5.74, 6) is 0.591. The van der Waals surface area contributed by atoms with E-state index in [1.807, 2.05) is 48.5 Å². The van der Waals surface area contributed by atoms with Gasteiger partial charge in [0.2, 0.25) is 5.89 Å². The maximum Gasteiger partial charge on any atom is 0.227 e. The lowest BCUT2D eigenvalue weighted by atomic mass is 10.00. The van der Waals surface area contributed by atoms with E-state index in [1.165, 1.54) is 21.9 Å². The summed E-state index contributed by atoms with van der Waals surface area (Å²) < 4.78 is 12.9. The number of aromatic nitrogens is 1. The number of furan rings is 1. The molecule has 4 nitrogen and oxygen atoms in total. The lowest BCUT2D eigenvalue weighted by Gasteiger charge is -2.27. The molecule has 2 aromatic heterocycles. The third-order valence-electron chi connectivity index (χ3n) is 9.66. The molecule has 0 spiro atoms. The molecule has 8 aromatic carbocycles. The second-order valence-corrected chi connectivity index (χ2v) is 12.8. The van der Waals surface area contributed by atoms with Gasteiger partial charge < -0.3 is 13.7 Å². The van der Waals surface area contributed by atoms with Crippen LogP contribution in [0.3, 0.4) is 0 Å². The van der Waals surface area contributed by atoms with Gasteiger partial charge in [0.05, 0.1) is 11.1 Å². The van der Waals surface area contributed by atoms with Crippen LogP contribution in [0, 0.1) is 0 Å². The molecule has 2 heterocycles. The molecule has 0 atom stereocenters. The third-order valence-corrected chi connectivity index (χ3v) is 9.66. The average Bonchev–Trinajstić information content (AvgIpc) is 3.79. The van der Waals surface area contributed by atoms with Crippen LogP contribution in [0.4, 0.5) is 17.1 Å². The molecule has 0 saturated heterocycles. The number of oxazole rings is 1. The van der Waals surface area contributed by atoms with Crippen LogP contribution < -0.4 is 4.90 Å². The lowest BCUT2D eigenvalue weighted by Crippen LogP contribution is -2.10. The Bertz CT molecular complexity index is 2850. The van der Waals surface area contributed by atoms with Crippen molar-refractivity contribution < 1.29 is 8.83 Å². The summed E-state index contributed by atoms with van der Waals surface area (Å²) in [4.78, 5) is 7.14. The highest BCUT2D eigenvalue weighted by atomic mass is 16.4. The van der Waals surface area contributed by atoms with Crippen LogP contribution in [0.2, 0.25) is 0 Å². The maximum absolute atomic E-state index is 6.54. The number of rotatable bonds is 6. The molecule has 0 amide bonds. The molecule has 0 radical (unpaired) electrons. The molecule has 51 heavy (non-hydrogen) atoms. The number of benzene rings is 8. The van der Waals surface area contributed by atoms with E-state index in [-0.39, 0.29) is 0 Å². The number of fused-ring (bicyclic) bond motifs is 5. The van der Waals surface area contributed by atoms with Crippen molar-refractivity contribution in [2.75, 3.05) is 4.90 Å². The smallest absolute Gasteiger partial charge is 0.227 e. The van der Waals surface area contributed by atoms with Crippen molar-refractivity contribution in [1.29, 1.82) is 0 Å². The Balaban J connectivity index is 1.16. The van der Waals surface area contributed by atoms with Crippen molar-refractivity contribution in [2.24, 2.45) is 0 Å². The van der Waals surface area contributed by atoms with Crippen LogP contribution in [0.5, 0.6) is 0 Å². The van der Waals surface area contributed by atoms with E-state index in [4.69, 9.17) is 13.8 Å².